The van der Waals surface area contributed by atoms with Crippen LogP contribution in [0.25, 0.3) is 0 Å². The van der Waals surface area contributed by atoms with Crippen molar-refractivity contribution >= 4 is 20.3 Å². The van der Waals surface area contributed by atoms with Gasteiger partial charge in [0.25, 0.3) is 0 Å². The minimum absolute atomic E-state index is 0.0801. The van der Waals surface area contributed by atoms with Crippen molar-refractivity contribution in [2.45, 2.75) is 71.7 Å². The van der Waals surface area contributed by atoms with Gasteiger partial charge < -0.3 is 19.0 Å². The van der Waals surface area contributed by atoms with E-state index in [0.29, 0.717) is 19.4 Å². The number of ether oxygens (including phenoxy) is 2. The van der Waals surface area contributed by atoms with Crippen LogP contribution in [0.2, 0.25) is 18.1 Å². The standard InChI is InChI=1S/C18H34O6Si/c1-14(19)22-10-8-16(13-23-15(2)20)12-17(21)9-11-24-25(6,7)18(3,4)5/h12,17,21H,8-11,13H2,1-7H3/b16-12+/t17-/m1/s1. The van der Waals surface area contributed by atoms with Gasteiger partial charge in [-0.2, -0.15) is 0 Å². The van der Waals surface area contributed by atoms with Gasteiger partial charge in [0.1, 0.15) is 6.61 Å². The van der Waals surface area contributed by atoms with Crippen LogP contribution in [0.15, 0.2) is 11.6 Å². The van der Waals surface area contributed by atoms with E-state index >= 15 is 0 Å². The zero-order chi connectivity index (χ0) is 19.7. The van der Waals surface area contributed by atoms with Gasteiger partial charge in [-0.15, -0.1) is 0 Å². The molecule has 1 atom stereocenters. The van der Waals surface area contributed by atoms with E-state index in [1.165, 1.54) is 13.8 Å². The molecule has 0 unspecified atom stereocenters. The van der Waals surface area contributed by atoms with E-state index < -0.39 is 20.4 Å². The largest absolute Gasteiger partial charge is 0.466 e. The third kappa shape index (κ3) is 11.1. The fourth-order valence-corrected chi connectivity index (χ4v) is 2.79. The summed E-state index contributed by atoms with van der Waals surface area (Å²) in [6.07, 6.45) is 1.82. The highest BCUT2D eigenvalue weighted by Crippen LogP contribution is 2.36. The average Bonchev–Trinajstić information content (AvgIpc) is 2.42. The molecular weight excluding hydrogens is 340 g/mol. The molecule has 0 aliphatic rings. The van der Waals surface area contributed by atoms with Crippen LogP contribution in [0.1, 0.15) is 47.5 Å². The Morgan fingerprint density at radius 2 is 1.64 bits per heavy atom. The molecule has 6 nitrogen and oxygen atoms in total. The quantitative estimate of drug-likeness (QED) is 0.359. The summed E-state index contributed by atoms with van der Waals surface area (Å²) in [5.41, 5.74) is 0.719. The molecule has 0 rings (SSSR count). The lowest BCUT2D eigenvalue weighted by molar-refractivity contribution is -0.142. The van der Waals surface area contributed by atoms with Crippen LogP contribution in [-0.4, -0.2) is 51.3 Å². The number of hydrogen-bond acceptors (Lipinski definition) is 6. The Bertz CT molecular complexity index is 465. The maximum Gasteiger partial charge on any atom is 0.302 e. The molecule has 0 amide bonds. The monoisotopic (exact) mass is 374 g/mol. The first kappa shape index (κ1) is 23.8. The van der Waals surface area contributed by atoms with Crippen molar-refractivity contribution in [2.24, 2.45) is 0 Å². The molecule has 0 radical (unpaired) electrons. The van der Waals surface area contributed by atoms with E-state index in [1.807, 2.05) is 0 Å². The average molecular weight is 375 g/mol. The molecule has 25 heavy (non-hydrogen) atoms. The Morgan fingerprint density at radius 1 is 1.08 bits per heavy atom. The van der Waals surface area contributed by atoms with E-state index in [1.54, 1.807) is 6.08 Å². The summed E-state index contributed by atoms with van der Waals surface area (Å²) >= 11 is 0. The molecule has 1 N–H and O–H groups in total. The van der Waals surface area contributed by atoms with Crippen LogP contribution in [0.4, 0.5) is 0 Å². The second kappa shape index (κ2) is 10.7. The van der Waals surface area contributed by atoms with Crippen LogP contribution in [0.5, 0.6) is 0 Å². The summed E-state index contributed by atoms with van der Waals surface area (Å²) in [5.74, 6) is -0.760. The second-order valence-corrected chi connectivity index (χ2v) is 12.5. The van der Waals surface area contributed by atoms with Crippen molar-refractivity contribution in [3.05, 3.63) is 11.6 Å². The van der Waals surface area contributed by atoms with Gasteiger partial charge in [-0.3, -0.25) is 9.59 Å². The van der Waals surface area contributed by atoms with E-state index in [-0.39, 0.29) is 24.2 Å². The third-order valence-electron chi connectivity index (χ3n) is 4.30. The molecule has 0 aliphatic heterocycles. The fraction of sp³-hybridized carbons (Fsp3) is 0.778. The molecule has 0 saturated heterocycles. The van der Waals surface area contributed by atoms with Crippen LogP contribution >= 0.6 is 0 Å². The summed E-state index contributed by atoms with van der Waals surface area (Å²) in [6, 6.07) is 0. The zero-order valence-corrected chi connectivity index (χ0v) is 17.7. The second-order valence-electron chi connectivity index (χ2n) is 7.66. The number of rotatable bonds is 10. The molecule has 0 fully saturated rings. The smallest absolute Gasteiger partial charge is 0.302 e. The number of hydrogen-bond donors (Lipinski definition) is 1. The van der Waals surface area contributed by atoms with Crippen molar-refractivity contribution in [1.82, 2.24) is 0 Å². The third-order valence-corrected chi connectivity index (χ3v) is 8.84. The Balaban J connectivity index is 4.59. The minimum Gasteiger partial charge on any atom is -0.466 e. The van der Waals surface area contributed by atoms with E-state index in [2.05, 4.69) is 33.9 Å². The molecule has 146 valence electrons. The Labute approximate surface area is 152 Å². The van der Waals surface area contributed by atoms with Gasteiger partial charge >= 0.3 is 11.9 Å². The molecule has 7 heteroatoms. The summed E-state index contributed by atoms with van der Waals surface area (Å²) < 4.78 is 15.9. The van der Waals surface area contributed by atoms with Gasteiger partial charge in [0, 0.05) is 26.9 Å². The predicted octanol–water partition coefficient (Wildman–Crippen LogP) is 3.20. The van der Waals surface area contributed by atoms with Crippen molar-refractivity contribution < 1.29 is 28.6 Å². The predicted molar refractivity (Wildman–Crippen MR) is 99.7 cm³/mol. The number of carbonyl (C=O) groups excluding carboxylic acids is 2. The van der Waals surface area contributed by atoms with Crippen molar-refractivity contribution in [2.75, 3.05) is 19.8 Å². The number of aliphatic hydroxyl groups excluding tert-OH is 1. The van der Waals surface area contributed by atoms with Crippen molar-refractivity contribution in [1.29, 1.82) is 0 Å². The lowest BCUT2D eigenvalue weighted by Crippen LogP contribution is -2.41. The molecule has 0 heterocycles. The Hall–Kier alpha value is -1.18. The van der Waals surface area contributed by atoms with Crippen LogP contribution in [0.3, 0.4) is 0 Å². The molecule has 0 bridgehead atoms. The van der Waals surface area contributed by atoms with Crippen molar-refractivity contribution in [3.63, 3.8) is 0 Å². The Kier molecular flexibility index (Phi) is 10.2. The molecule has 0 saturated carbocycles. The highest BCUT2D eigenvalue weighted by atomic mass is 28.4. The first-order chi connectivity index (χ1) is 11.3. The lowest BCUT2D eigenvalue weighted by Gasteiger charge is -2.36. The highest BCUT2D eigenvalue weighted by Gasteiger charge is 2.36. The molecule has 0 aromatic carbocycles. The molecule has 0 aromatic heterocycles. The number of esters is 2. The van der Waals surface area contributed by atoms with Gasteiger partial charge in [-0.1, -0.05) is 26.8 Å². The zero-order valence-electron chi connectivity index (χ0n) is 16.7. The van der Waals surface area contributed by atoms with E-state index in [4.69, 9.17) is 13.9 Å². The number of carbonyl (C=O) groups is 2. The SMILES string of the molecule is CC(=O)OCC/C(=C\[C@H](O)CCO[Si](C)(C)C(C)(C)C)COC(C)=O. The van der Waals surface area contributed by atoms with E-state index in [9.17, 15) is 14.7 Å². The lowest BCUT2D eigenvalue weighted by atomic mass is 10.1. The Morgan fingerprint density at radius 3 is 2.12 bits per heavy atom. The van der Waals surface area contributed by atoms with Crippen molar-refractivity contribution in [3.8, 4) is 0 Å². The van der Waals surface area contributed by atoms with Gasteiger partial charge in [0.05, 0.1) is 12.7 Å². The summed E-state index contributed by atoms with van der Waals surface area (Å²) in [4.78, 5) is 21.8. The fourth-order valence-electron chi connectivity index (χ4n) is 1.73. The van der Waals surface area contributed by atoms with E-state index in [0.717, 1.165) is 5.57 Å². The molecule has 0 spiro atoms. The normalized spacial score (nSPS) is 14.2. The number of aliphatic hydroxyl groups is 1. The van der Waals surface area contributed by atoms with Crippen LogP contribution in [0, 0.1) is 0 Å². The summed E-state index contributed by atoms with van der Waals surface area (Å²) in [5, 5.41) is 10.3. The summed E-state index contributed by atoms with van der Waals surface area (Å²) in [6.45, 7) is 14.2. The summed E-state index contributed by atoms with van der Waals surface area (Å²) in [7, 11) is -1.83. The van der Waals surface area contributed by atoms with Crippen LogP contribution < -0.4 is 0 Å². The maximum absolute atomic E-state index is 11.0. The molecule has 0 aromatic rings. The first-order valence-electron chi connectivity index (χ1n) is 8.63. The van der Waals surface area contributed by atoms with Crippen LogP contribution in [-0.2, 0) is 23.5 Å². The maximum atomic E-state index is 11.0. The van der Waals surface area contributed by atoms with Gasteiger partial charge in [0.2, 0.25) is 0 Å². The minimum atomic E-state index is -1.83. The topological polar surface area (TPSA) is 82.1 Å². The first-order valence-corrected chi connectivity index (χ1v) is 11.5. The van der Waals surface area contributed by atoms with Gasteiger partial charge in [-0.05, 0) is 30.1 Å². The van der Waals surface area contributed by atoms with Gasteiger partial charge in [0.15, 0.2) is 8.32 Å². The van der Waals surface area contributed by atoms with Gasteiger partial charge in [-0.25, -0.2) is 0 Å². The molecule has 0 aliphatic carbocycles. The highest BCUT2D eigenvalue weighted by molar-refractivity contribution is 6.74. The molecular formula is C18H34O6Si.